The molecule has 1 N–H and O–H groups in total. The summed E-state index contributed by atoms with van der Waals surface area (Å²) >= 11 is 0. The predicted octanol–water partition coefficient (Wildman–Crippen LogP) is 3.19. The molecule has 2 aromatic rings. The first-order chi connectivity index (χ1) is 8.92. The van der Waals surface area contributed by atoms with Crippen LogP contribution < -0.4 is 5.32 Å². The van der Waals surface area contributed by atoms with Gasteiger partial charge in [0.1, 0.15) is 0 Å². The minimum atomic E-state index is 0. The molecule has 1 fully saturated rings. The third-order valence-electron chi connectivity index (χ3n) is 3.38. The van der Waals surface area contributed by atoms with Crippen molar-refractivity contribution in [2.75, 3.05) is 0 Å². The zero-order valence-corrected chi connectivity index (χ0v) is 11.5. The Labute approximate surface area is 119 Å². The number of hydrogen-bond donors (Lipinski definition) is 1. The van der Waals surface area contributed by atoms with Crippen molar-refractivity contribution in [2.24, 2.45) is 0 Å². The van der Waals surface area contributed by atoms with E-state index < -0.39 is 0 Å². The molecule has 0 radical (unpaired) electrons. The summed E-state index contributed by atoms with van der Waals surface area (Å²) in [5.74, 6) is 1.26. The second kappa shape index (κ2) is 6.68. The molecule has 1 saturated carbocycles. The van der Waals surface area contributed by atoms with Gasteiger partial charge in [0.15, 0.2) is 0 Å². The van der Waals surface area contributed by atoms with Gasteiger partial charge in [0.2, 0.25) is 11.8 Å². The van der Waals surface area contributed by atoms with Gasteiger partial charge in [-0.05, 0) is 25.0 Å². The van der Waals surface area contributed by atoms with Crippen LogP contribution in [-0.4, -0.2) is 16.2 Å². The van der Waals surface area contributed by atoms with E-state index in [0.29, 0.717) is 24.4 Å². The summed E-state index contributed by atoms with van der Waals surface area (Å²) in [6, 6.07) is 10.5. The first kappa shape index (κ1) is 14.0. The molecule has 5 heteroatoms. The Bertz CT molecular complexity index is 494. The molecule has 19 heavy (non-hydrogen) atoms. The highest BCUT2D eigenvalue weighted by molar-refractivity contribution is 5.85. The Morgan fingerprint density at radius 2 is 1.84 bits per heavy atom. The second-order valence-electron chi connectivity index (χ2n) is 4.73. The van der Waals surface area contributed by atoms with Crippen LogP contribution in [0.2, 0.25) is 0 Å². The molecule has 1 aliphatic carbocycles. The molecule has 0 bridgehead atoms. The highest BCUT2D eigenvalue weighted by Gasteiger charge is 2.15. The number of hydrogen-bond acceptors (Lipinski definition) is 4. The number of halogens is 1. The predicted molar refractivity (Wildman–Crippen MR) is 76.1 cm³/mol. The lowest BCUT2D eigenvalue weighted by molar-refractivity contribution is 0.440. The van der Waals surface area contributed by atoms with E-state index in [-0.39, 0.29) is 12.4 Å². The van der Waals surface area contributed by atoms with Crippen LogP contribution in [-0.2, 0) is 6.54 Å². The van der Waals surface area contributed by atoms with Crippen molar-refractivity contribution < 1.29 is 4.42 Å². The summed E-state index contributed by atoms with van der Waals surface area (Å²) in [4.78, 5) is 0. The topological polar surface area (TPSA) is 51.0 Å². The maximum atomic E-state index is 5.64. The molecular formula is C14H18ClN3O. The third kappa shape index (κ3) is 3.55. The zero-order valence-electron chi connectivity index (χ0n) is 10.7. The monoisotopic (exact) mass is 279 g/mol. The minimum absolute atomic E-state index is 0. The summed E-state index contributed by atoms with van der Waals surface area (Å²) in [6.07, 6.45) is 5.19. The minimum Gasteiger partial charge on any atom is -0.419 e. The molecule has 0 saturated heterocycles. The van der Waals surface area contributed by atoms with Gasteiger partial charge in [-0.2, -0.15) is 0 Å². The highest BCUT2D eigenvalue weighted by atomic mass is 35.5. The maximum absolute atomic E-state index is 5.64. The number of nitrogens with one attached hydrogen (secondary N) is 1. The van der Waals surface area contributed by atoms with Crippen molar-refractivity contribution in [3.8, 4) is 11.5 Å². The quantitative estimate of drug-likeness (QED) is 0.934. The molecule has 0 spiro atoms. The van der Waals surface area contributed by atoms with Crippen molar-refractivity contribution in [1.29, 1.82) is 0 Å². The molecular weight excluding hydrogens is 262 g/mol. The number of nitrogens with zero attached hydrogens (tertiary/aromatic N) is 2. The zero-order chi connectivity index (χ0) is 12.2. The third-order valence-corrected chi connectivity index (χ3v) is 3.38. The normalized spacial score (nSPS) is 15.4. The lowest BCUT2D eigenvalue weighted by Gasteiger charge is -2.08. The molecule has 1 aromatic carbocycles. The van der Waals surface area contributed by atoms with E-state index in [0.717, 1.165) is 5.56 Å². The van der Waals surface area contributed by atoms with Crippen molar-refractivity contribution in [1.82, 2.24) is 15.5 Å². The Kier molecular flexibility index (Phi) is 4.93. The smallest absolute Gasteiger partial charge is 0.247 e. The first-order valence-corrected chi connectivity index (χ1v) is 6.53. The fourth-order valence-electron chi connectivity index (χ4n) is 2.38. The van der Waals surface area contributed by atoms with Gasteiger partial charge in [0.05, 0.1) is 6.54 Å². The fraction of sp³-hybridized carbons (Fsp3) is 0.429. The van der Waals surface area contributed by atoms with Crippen LogP contribution in [0, 0.1) is 0 Å². The summed E-state index contributed by atoms with van der Waals surface area (Å²) in [6.45, 7) is 0.671. The summed E-state index contributed by atoms with van der Waals surface area (Å²) in [5.41, 5.74) is 0.970. The van der Waals surface area contributed by atoms with Crippen LogP contribution in [0.1, 0.15) is 31.6 Å². The van der Waals surface area contributed by atoms with Crippen LogP contribution in [0.5, 0.6) is 0 Å². The fourth-order valence-corrected chi connectivity index (χ4v) is 2.38. The number of benzene rings is 1. The van der Waals surface area contributed by atoms with E-state index in [9.17, 15) is 0 Å². The SMILES string of the molecule is Cl.c1ccc(-c2nnc(CNC3CCCC3)o2)cc1. The molecule has 4 nitrogen and oxygen atoms in total. The lowest BCUT2D eigenvalue weighted by atomic mass is 10.2. The van der Waals surface area contributed by atoms with E-state index in [4.69, 9.17) is 4.42 Å². The largest absolute Gasteiger partial charge is 0.419 e. The van der Waals surface area contributed by atoms with Crippen LogP contribution in [0.15, 0.2) is 34.7 Å². The standard InChI is InChI=1S/C14H17N3O.ClH/c1-2-6-11(7-3-1)14-17-16-13(18-14)10-15-12-8-4-5-9-12;/h1-3,6-7,12,15H,4-5,8-10H2;1H. The second-order valence-corrected chi connectivity index (χ2v) is 4.73. The Morgan fingerprint density at radius 1 is 1.11 bits per heavy atom. The lowest BCUT2D eigenvalue weighted by Crippen LogP contribution is -2.25. The van der Waals surface area contributed by atoms with Gasteiger partial charge in [-0.3, -0.25) is 0 Å². The average molecular weight is 280 g/mol. The summed E-state index contributed by atoms with van der Waals surface area (Å²) < 4.78 is 5.64. The first-order valence-electron chi connectivity index (χ1n) is 6.53. The van der Waals surface area contributed by atoms with Gasteiger partial charge in [0.25, 0.3) is 0 Å². The van der Waals surface area contributed by atoms with Crippen LogP contribution in [0.25, 0.3) is 11.5 Å². The highest BCUT2D eigenvalue weighted by Crippen LogP contribution is 2.19. The van der Waals surface area contributed by atoms with Gasteiger partial charge in [-0.15, -0.1) is 22.6 Å². The van der Waals surface area contributed by atoms with Crippen LogP contribution in [0.4, 0.5) is 0 Å². The van der Waals surface area contributed by atoms with Gasteiger partial charge >= 0.3 is 0 Å². The van der Waals surface area contributed by atoms with E-state index in [1.807, 2.05) is 30.3 Å². The molecule has 1 aromatic heterocycles. The Morgan fingerprint density at radius 3 is 2.58 bits per heavy atom. The number of rotatable bonds is 4. The van der Waals surface area contributed by atoms with E-state index >= 15 is 0 Å². The van der Waals surface area contributed by atoms with E-state index in [2.05, 4.69) is 15.5 Å². The molecule has 0 aliphatic heterocycles. The average Bonchev–Trinajstić information content (AvgIpc) is 3.09. The Hall–Kier alpha value is -1.39. The van der Waals surface area contributed by atoms with Crippen LogP contribution in [0.3, 0.4) is 0 Å². The van der Waals surface area contributed by atoms with Crippen molar-refractivity contribution >= 4 is 12.4 Å². The molecule has 0 unspecified atom stereocenters. The van der Waals surface area contributed by atoms with E-state index in [1.165, 1.54) is 25.7 Å². The Balaban J connectivity index is 0.00000133. The summed E-state index contributed by atoms with van der Waals surface area (Å²) in [7, 11) is 0. The van der Waals surface area contributed by atoms with Crippen molar-refractivity contribution in [2.45, 2.75) is 38.3 Å². The van der Waals surface area contributed by atoms with Gasteiger partial charge in [-0.25, -0.2) is 0 Å². The van der Waals surface area contributed by atoms with Crippen LogP contribution >= 0.6 is 12.4 Å². The molecule has 3 rings (SSSR count). The number of aromatic nitrogens is 2. The van der Waals surface area contributed by atoms with Gasteiger partial charge < -0.3 is 9.73 Å². The van der Waals surface area contributed by atoms with Crippen molar-refractivity contribution in [3.63, 3.8) is 0 Å². The maximum Gasteiger partial charge on any atom is 0.247 e. The van der Waals surface area contributed by atoms with Crippen molar-refractivity contribution in [3.05, 3.63) is 36.2 Å². The van der Waals surface area contributed by atoms with E-state index in [1.54, 1.807) is 0 Å². The molecule has 0 atom stereocenters. The van der Waals surface area contributed by atoms with Gasteiger partial charge in [-0.1, -0.05) is 31.0 Å². The molecule has 1 heterocycles. The van der Waals surface area contributed by atoms with Gasteiger partial charge in [0, 0.05) is 11.6 Å². The molecule has 102 valence electrons. The summed E-state index contributed by atoms with van der Waals surface area (Å²) in [5, 5.41) is 11.6. The molecule has 0 amide bonds. The molecule has 1 aliphatic rings.